The van der Waals surface area contributed by atoms with E-state index in [2.05, 4.69) is 0 Å². The summed E-state index contributed by atoms with van der Waals surface area (Å²) in [5, 5.41) is 3.63. The van der Waals surface area contributed by atoms with Crippen molar-refractivity contribution in [1.82, 2.24) is 14.1 Å². The fourth-order valence-corrected chi connectivity index (χ4v) is 7.20. The largest absolute Gasteiger partial charge is 0.339 e. The van der Waals surface area contributed by atoms with E-state index in [1.165, 1.54) is 27.0 Å². The molecule has 0 radical (unpaired) electrons. The minimum atomic E-state index is -3.53. The lowest BCUT2D eigenvalue weighted by Crippen LogP contribution is -2.54. The highest BCUT2D eigenvalue weighted by molar-refractivity contribution is 7.91. The summed E-state index contributed by atoms with van der Waals surface area (Å²) in [6, 6.07) is 7.00. The van der Waals surface area contributed by atoms with Gasteiger partial charge in [-0.2, -0.15) is 4.31 Å². The van der Waals surface area contributed by atoms with Crippen molar-refractivity contribution in [1.29, 1.82) is 0 Å². The maximum atomic E-state index is 13.0. The second-order valence-electron chi connectivity index (χ2n) is 7.23. The van der Waals surface area contributed by atoms with E-state index < -0.39 is 10.0 Å². The van der Waals surface area contributed by atoms with Crippen LogP contribution in [0.4, 0.5) is 0 Å². The minimum absolute atomic E-state index is 0.000646. The molecule has 1 unspecified atom stereocenters. The van der Waals surface area contributed by atoms with Gasteiger partial charge in [-0.3, -0.25) is 9.59 Å². The van der Waals surface area contributed by atoms with E-state index in [1.54, 1.807) is 27.3 Å². The van der Waals surface area contributed by atoms with Crippen molar-refractivity contribution in [2.45, 2.75) is 17.1 Å². The smallest absolute Gasteiger partial charge is 0.264 e. The first kappa shape index (κ1) is 20.5. The molecule has 1 atom stereocenters. The first-order valence-corrected chi connectivity index (χ1v) is 12.8. The molecule has 2 aliphatic heterocycles. The van der Waals surface area contributed by atoms with Crippen LogP contribution in [-0.4, -0.2) is 73.6 Å². The fourth-order valence-electron chi connectivity index (χ4n) is 3.84. The minimum Gasteiger partial charge on any atom is -0.339 e. The van der Waals surface area contributed by atoms with E-state index >= 15 is 0 Å². The number of piperazine rings is 1. The third kappa shape index (κ3) is 4.25. The molecule has 4 heterocycles. The second-order valence-corrected chi connectivity index (χ2v) is 11.3. The van der Waals surface area contributed by atoms with Crippen LogP contribution in [-0.2, 0) is 14.8 Å². The molecule has 4 rings (SSSR count). The van der Waals surface area contributed by atoms with Crippen molar-refractivity contribution < 1.29 is 18.0 Å². The molecular weight excluding hydrogens is 430 g/mol. The van der Waals surface area contributed by atoms with Gasteiger partial charge in [-0.05, 0) is 35.7 Å². The number of hydrogen-bond donors (Lipinski definition) is 0. The van der Waals surface area contributed by atoms with Crippen LogP contribution in [0.1, 0.15) is 22.5 Å². The maximum Gasteiger partial charge on any atom is 0.264 e. The lowest BCUT2D eigenvalue weighted by atomic mass is 9.97. The van der Waals surface area contributed by atoms with Crippen LogP contribution in [0.15, 0.2) is 39.2 Å². The fraction of sp³-hybridized carbons (Fsp3) is 0.474. The Morgan fingerprint density at radius 3 is 2.28 bits per heavy atom. The van der Waals surface area contributed by atoms with Gasteiger partial charge in [0.1, 0.15) is 4.21 Å². The van der Waals surface area contributed by atoms with E-state index in [1.807, 2.05) is 17.5 Å². The molecule has 2 fully saturated rings. The molecule has 0 saturated carbocycles. The Bertz CT molecular complexity index is 949. The van der Waals surface area contributed by atoms with Crippen LogP contribution >= 0.6 is 22.7 Å². The van der Waals surface area contributed by atoms with E-state index in [0.717, 1.165) is 0 Å². The van der Waals surface area contributed by atoms with Gasteiger partial charge in [-0.15, -0.1) is 22.7 Å². The van der Waals surface area contributed by atoms with Crippen molar-refractivity contribution in [2.75, 3.05) is 39.3 Å². The number of rotatable bonds is 4. The van der Waals surface area contributed by atoms with Crippen LogP contribution in [0.5, 0.6) is 0 Å². The van der Waals surface area contributed by atoms with Gasteiger partial charge in [0.25, 0.3) is 15.9 Å². The number of hydrogen-bond acceptors (Lipinski definition) is 6. The van der Waals surface area contributed by atoms with Crippen molar-refractivity contribution in [2.24, 2.45) is 5.92 Å². The Hall–Kier alpha value is -1.75. The first-order chi connectivity index (χ1) is 14.0. The summed E-state index contributed by atoms with van der Waals surface area (Å²) in [6.45, 7) is 2.67. The first-order valence-electron chi connectivity index (χ1n) is 9.62. The Balaban J connectivity index is 1.36. The summed E-state index contributed by atoms with van der Waals surface area (Å²) >= 11 is 2.62. The third-order valence-electron chi connectivity index (χ3n) is 5.43. The summed E-state index contributed by atoms with van der Waals surface area (Å²) in [4.78, 5) is 29.8. The second kappa shape index (κ2) is 8.55. The summed E-state index contributed by atoms with van der Waals surface area (Å²) < 4.78 is 27.4. The van der Waals surface area contributed by atoms with Crippen molar-refractivity contribution >= 4 is 44.5 Å². The average molecular weight is 454 g/mol. The topological polar surface area (TPSA) is 78.0 Å². The van der Waals surface area contributed by atoms with Crippen LogP contribution in [0.2, 0.25) is 0 Å². The highest BCUT2D eigenvalue weighted by Gasteiger charge is 2.36. The Morgan fingerprint density at radius 2 is 1.62 bits per heavy atom. The quantitative estimate of drug-likeness (QED) is 0.711. The number of thiophene rings is 2. The molecule has 7 nitrogen and oxygen atoms in total. The van der Waals surface area contributed by atoms with E-state index in [-0.39, 0.29) is 24.3 Å². The molecule has 0 spiro atoms. The monoisotopic (exact) mass is 453 g/mol. The van der Waals surface area contributed by atoms with Crippen LogP contribution in [0.25, 0.3) is 0 Å². The Morgan fingerprint density at radius 1 is 0.931 bits per heavy atom. The number of carbonyl (C=O) groups is 2. The van der Waals surface area contributed by atoms with Crippen molar-refractivity contribution in [3.05, 3.63) is 39.9 Å². The highest BCUT2D eigenvalue weighted by atomic mass is 32.2. The van der Waals surface area contributed by atoms with Gasteiger partial charge in [-0.1, -0.05) is 12.1 Å². The average Bonchev–Trinajstić information content (AvgIpc) is 3.47. The van der Waals surface area contributed by atoms with E-state index in [9.17, 15) is 18.0 Å². The Kier molecular flexibility index (Phi) is 6.05. The third-order valence-corrected chi connectivity index (χ3v) is 9.53. The molecule has 29 heavy (non-hydrogen) atoms. The van der Waals surface area contributed by atoms with Crippen molar-refractivity contribution in [3.8, 4) is 0 Å². The van der Waals surface area contributed by atoms with E-state index in [4.69, 9.17) is 0 Å². The molecule has 0 bridgehead atoms. The van der Waals surface area contributed by atoms with Crippen molar-refractivity contribution in [3.63, 3.8) is 0 Å². The molecular formula is C19H23N3O4S3. The molecule has 2 aliphatic rings. The van der Waals surface area contributed by atoms with Gasteiger partial charge < -0.3 is 9.80 Å². The molecule has 10 heteroatoms. The molecule has 0 N–H and O–H groups in total. The number of piperidine rings is 1. The standard InChI is InChI=1S/C19H23N3O4S3/c23-18(20-8-10-21(11-9-20)19(24)16-5-2-12-27-16)15-4-1-7-22(14-15)29(25,26)17-6-3-13-28-17/h2-3,5-6,12-13,15H,1,4,7-11,14H2. The number of carbonyl (C=O) groups excluding carboxylic acids is 2. The predicted octanol–water partition coefficient (Wildman–Crippen LogP) is 2.19. The number of nitrogens with zero attached hydrogens (tertiary/aromatic N) is 3. The highest BCUT2D eigenvalue weighted by Crippen LogP contribution is 2.27. The summed E-state index contributed by atoms with van der Waals surface area (Å²) in [5.41, 5.74) is 0. The number of amides is 2. The van der Waals surface area contributed by atoms with Gasteiger partial charge in [0.05, 0.1) is 10.8 Å². The van der Waals surface area contributed by atoms with E-state index in [0.29, 0.717) is 54.7 Å². The summed E-state index contributed by atoms with van der Waals surface area (Å²) in [5.74, 6) is -0.310. The Labute approximate surface area is 178 Å². The molecule has 2 saturated heterocycles. The van der Waals surface area contributed by atoms with Gasteiger partial charge in [0.2, 0.25) is 5.91 Å². The molecule has 156 valence electrons. The van der Waals surface area contributed by atoms with Gasteiger partial charge in [0, 0.05) is 39.3 Å². The zero-order chi connectivity index (χ0) is 20.4. The molecule has 2 aromatic rings. The summed E-state index contributed by atoms with van der Waals surface area (Å²) in [6.07, 6.45) is 1.38. The van der Waals surface area contributed by atoms with Crippen LogP contribution in [0, 0.1) is 5.92 Å². The van der Waals surface area contributed by atoms with Gasteiger partial charge in [-0.25, -0.2) is 8.42 Å². The van der Waals surface area contributed by atoms with Crippen LogP contribution in [0.3, 0.4) is 0 Å². The predicted molar refractivity (Wildman–Crippen MR) is 113 cm³/mol. The van der Waals surface area contributed by atoms with Gasteiger partial charge in [0.15, 0.2) is 0 Å². The molecule has 2 amide bonds. The SMILES string of the molecule is O=C(c1cccs1)N1CCN(C(=O)C2CCCN(S(=O)(=O)c3cccs3)C2)CC1. The number of sulfonamides is 1. The lowest BCUT2D eigenvalue weighted by Gasteiger charge is -2.38. The maximum absolute atomic E-state index is 13.0. The normalized spacial score (nSPS) is 21.3. The zero-order valence-corrected chi connectivity index (χ0v) is 18.3. The van der Waals surface area contributed by atoms with Crippen LogP contribution < -0.4 is 0 Å². The molecule has 0 aromatic carbocycles. The zero-order valence-electron chi connectivity index (χ0n) is 15.9. The van der Waals surface area contributed by atoms with Gasteiger partial charge >= 0.3 is 0 Å². The summed E-state index contributed by atoms with van der Waals surface area (Å²) in [7, 11) is -3.53. The lowest BCUT2D eigenvalue weighted by molar-refractivity contribution is -0.138. The molecule has 2 aromatic heterocycles. The molecule has 0 aliphatic carbocycles.